The molecule has 188 valence electrons. The van der Waals surface area contributed by atoms with Crippen molar-refractivity contribution in [3.8, 4) is 17.0 Å². The second kappa shape index (κ2) is 9.01. The molecule has 0 aliphatic carbocycles. The van der Waals surface area contributed by atoms with Crippen LogP contribution in [-0.2, 0) is 15.8 Å². The lowest BCUT2D eigenvalue weighted by molar-refractivity contribution is -0.123. The Labute approximate surface area is 212 Å². The van der Waals surface area contributed by atoms with Crippen LogP contribution >= 0.6 is 0 Å². The van der Waals surface area contributed by atoms with Crippen molar-refractivity contribution in [1.29, 1.82) is 0 Å². The maximum absolute atomic E-state index is 13.6. The molecule has 9 heteroatoms. The molecule has 0 unspecified atom stereocenters. The van der Waals surface area contributed by atoms with Gasteiger partial charge < -0.3 is 15.6 Å². The van der Waals surface area contributed by atoms with Gasteiger partial charge in [0, 0.05) is 34.7 Å². The van der Waals surface area contributed by atoms with Gasteiger partial charge >= 0.3 is 0 Å². The first kappa shape index (κ1) is 24.5. The monoisotopic (exact) mass is 500 g/mol. The van der Waals surface area contributed by atoms with Gasteiger partial charge in [0.2, 0.25) is 5.91 Å². The summed E-state index contributed by atoms with van der Waals surface area (Å²) in [5.74, 6) is -0.785. The Kier molecular flexibility index (Phi) is 5.95. The highest BCUT2D eigenvalue weighted by molar-refractivity contribution is 5.99. The average molecular weight is 501 g/mol. The molecular formula is C28H25FN4O4. The number of rotatable bonds is 7. The number of primary amides is 1. The van der Waals surface area contributed by atoms with Gasteiger partial charge in [0.1, 0.15) is 41.2 Å². The van der Waals surface area contributed by atoms with Crippen LogP contribution in [0.15, 0.2) is 61.1 Å². The second-order valence-corrected chi connectivity index (χ2v) is 9.72. The molecule has 2 aromatic carbocycles. The summed E-state index contributed by atoms with van der Waals surface area (Å²) in [6.45, 7) is 3.25. The van der Waals surface area contributed by atoms with E-state index < -0.39 is 22.7 Å². The lowest BCUT2D eigenvalue weighted by atomic mass is 9.81. The van der Waals surface area contributed by atoms with E-state index in [1.165, 1.54) is 18.5 Å². The molecule has 3 N–H and O–H groups in total. The van der Waals surface area contributed by atoms with Crippen molar-refractivity contribution >= 4 is 22.6 Å². The van der Waals surface area contributed by atoms with E-state index in [1.54, 1.807) is 56.4 Å². The van der Waals surface area contributed by atoms with Gasteiger partial charge in [-0.1, -0.05) is 0 Å². The summed E-state index contributed by atoms with van der Waals surface area (Å²) in [4.78, 5) is 38.1. The first-order chi connectivity index (χ1) is 17.6. The molecule has 1 aliphatic heterocycles. The van der Waals surface area contributed by atoms with Gasteiger partial charge in [-0.05, 0) is 68.8 Å². The third-order valence-corrected chi connectivity index (χ3v) is 6.95. The van der Waals surface area contributed by atoms with Gasteiger partial charge in [-0.3, -0.25) is 9.59 Å². The van der Waals surface area contributed by atoms with Crippen LogP contribution in [0, 0.1) is 5.82 Å². The number of hydrogen-bond acceptors (Lipinski definition) is 7. The molecule has 0 spiro atoms. The fourth-order valence-corrected chi connectivity index (χ4v) is 4.45. The zero-order valence-corrected chi connectivity index (χ0v) is 20.4. The number of carbonyl (C=O) groups excluding carboxylic acids is 2. The van der Waals surface area contributed by atoms with Crippen LogP contribution in [-0.4, -0.2) is 38.4 Å². The van der Waals surface area contributed by atoms with Crippen molar-refractivity contribution in [3.05, 3.63) is 83.7 Å². The molecule has 8 nitrogen and oxygen atoms in total. The highest BCUT2D eigenvalue weighted by Crippen LogP contribution is 2.45. The van der Waals surface area contributed by atoms with E-state index >= 15 is 0 Å². The lowest BCUT2D eigenvalue weighted by Crippen LogP contribution is -2.40. The van der Waals surface area contributed by atoms with Crippen molar-refractivity contribution in [2.75, 3.05) is 6.61 Å². The van der Waals surface area contributed by atoms with Crippen molar-refractivity contribution in [3.63, 3.8) is 0 Å². The van der Waals surface area contributed by atoms with Crippen LogP contribution in [0.3, 0.4) is 0 Å². The lowest BCUT2D eigenvalue weighted by Gasteiger charge is -2.26. The molecule has 4 aromatic rings. The van der Waals surface area contributed by atoms with Crippen LogP contribution < -0.4 is 10.5 Å². The van der Waals surface area contributed by atoms with Gasteiger partial charge in [-0.15, -0.1) is 0 Å². The Morgan fingerprint density at radius 3 is 2.68 bits per heavy atom. The molecule has 1 aliphatic rings. The zero-order chi connectivity index (χ0) is 26.4. The van der Waals surface area contributed by atoms with E-state index in [0.717, 1.165) is 10.9 Å². The summed E-state index contributed by atoms with van der Waals surface area (Å²) in [5, 5.41) is 12.2. The molecule has 0 fully saturated rings. The summed E-state index contributed by atoms with van der Waals surface area (Å²) in [6.07, 6.45) is 3.19. The highest BCUT2D eigenvalue weighted by Gasteiger charge is 2.45. The number of nitrogens with zero attached hydrogens (tertiary/aromatic N) is 3. The number of fused-ring (bicyclic) bond motifs is 2. The zero-order valence-electron chi connectivity index (χ0n) is 20.4. The molecule has 0 saturated carbocycles. The Hall–Kier alpha value is -4.24. The molecule has 2 aromatic heterocycles. The average Bonchev–Trinajstić information content (AvgIpc) is 3.25. The SMILES string of the molecule is C[C@](O)(CCC(=O)c1ccc2ncncc2c1)c1cc2c(c(-c3ccc(F)cc3)n1)OC[C@]2(C)C(N)=O. The largest absolute Gasteiger partial charge is 0.489 e. The van der Waals surface area contributed by atoms with E-state index in [-0.39, 0.29) is 30.9 Å². The number of aliphatic hydroxyl groups is 1. The Balaban J connectivity index is 1.49. The third kappa shape index (κ3) is 4.42. The number of ketones is 1. The Bertz CT molecular complexity index is 1540. The normalized spacial score (nSPS) is 18.2. The molecule has 1 amide bonds. The summed E-state index contributed by atoms with van der Waals surface area (Å²) in [6, 6.07) is 12.5. The fraction of sp³-hybridized carbons (Fsp3) is 0.250. The van der Waals surface area contributed by atoms with Crippen molar-refractivity contribution < 1.29 is 23.8 Å². The maximum atomic E-state index is 13.6. The van der Waals surface area contributed by atoms with Crippen LogP contribution in [0.5, 0.6) is 5.75 Å². The number of carbonyl (C=O) groups is 2. The molecule has 3 heterocycles. The number of halogens is 1. The van der Waals surface area contributed by atoms with Crippen LogP contribution in [0.1, 0.15) is 48.3 Å². The summed E-state index contributed by atoms with van der Waals surface area (Å²) in [5.41, 5.74) is 5.92. The van der Waals surface area contributed by atoms with Gasteiger partial charge in [0.05, 0.1) is 11.2 Å². The van der Waals surface area contributed by atoms with Gasteiger partial charge in [0.15, 0.2) is 5.78 Å². The Morgan fingerprint density at radius 2 is 1.95 bits per heavy atom. The first-order valence-corrected chi connectivity index (χ1v) is 11.8. The summed E-state index contributed by atoms with van der Waals surface area (Å²) in [7, 11) is 0. The van der Waals surface area contributed by atoms with E-state index in [9.17, 15) is 19.1 Å². The number of ether oxygens (including phenoxy) is 1. The molecule has 5 rings (SSSR count). The number of Topliss-reactive ketones (excluding diaryl/α,β-unsaturated/α-hetero) is 1. The Morgan fingerprint density at radius 1 is 1.19 bits per heavy atom. The van der Waals surface area contributed by atoms with Gasteiger partial charge in [-0.2, -0.15) is 0 Å². The van der Waals surface area contributed by atoms with Crippen molar-refractivity contribution in [1.82, 2.24) is 15.0 Å². The highest BCUT2D eigenvalue weighted by atomic mass is 19.1. The standard InChI is InChI=1S/C28H25FN4O4/c1-27(26(30)35)14-37-25-20(27)12-23(33-24(25)16-3-6-19(29)7-4-16)28(2,36)10-9-22(34)17-5-8-21-18(11-17)13-31-15-32-21/h3-8,11-13,15,36H,9-10,14H2,1-2H3,(H2,30,35)/t27-,28-/m0/s1. The summed E-state index contributed by atoms with van der Waals surface area (Å²) < 4.78 is 19.4. The molecule has 2 atom stereocenters. The number of hydrogen-bond donors (Lipinski definition) is 2. The predicted octanol–water partition coefficient (Wildman–Crippen LogP) is 3.84. The molecule has 0 bridgehead atoms. The van der Waals surface area contributed by atoms with Gasteiger partial charge in [-0.25, -0.2) is 19.3 Å². The predicted molar refractivity (Wildman–Crippen MR) is 134 cm³/mol. The minimum atomic E-state index is -1.53. The smallest absolute Gasteiger partial charge is 0.231 e. The van der Waals surface area contributed by atoms with Crippen molar-refractivity contribution in [2.24, 2.45) is 5.73 Å². The number of amides is 1. The minimum Gasteiger partial charge on any atom is -0.489 e. The van der Waals surface area contributed by atoms with E-state index in [0.29, 0.717) is 28.1 Å². The topological polar surface area (TPSA) is 128 Å². The minimum absolute atomic E-state index is 0.0172. The second-order valence-electron chi connectivity index (χ2n) is 9.72. The maximum Gasteiger partial charge on any atom is 0.231 e. The van der Waals surface area contributed by atoms with E-state index in [4.69, 9.17) is 10.5 Å². The van der Waals surface area contributed by atoms with Crippen molar-refractivity contribution in [2.45, 2.75) is 37.7 Å². The van der Waals surface area contributed by atoms with Gasteiger partial charge in [0.25, 0.3) is 0 Å². The molecule has 37 heavy (non-hydrogen) atoms. The fourth-order valence-electron chi connectivity index (χ4n) is 4.45. The number of pyridine rings is 1. The van der Waals surface area contributed by atoms with E-state index in [1.807, 2.05) is 0 Å². The number of aromatic nitrogens is 3. The third-order valence-electron chi connectivity index (χ3n) is 6.95. The number of nitrogens with two attached hydrogens (primary N) is 1. The van der Waals surface area contributed by atoms with Crippen LogP contribution in [0.25, 0.3) is 22.2 Å². The molecular weight excluding hydrogens is 475 g/mol. The quantitative estimate of drug-likeness (QED) is 0.369. The first-order valence-electron chi connectivity index (χ1n) is 11.8. The molecule has 0 radical (unpaired) electrons. The number of benzene rings is 2. The van der Waals surface area contributed by atoms with Crippen LogP contribution in [0.2, 0.25) is 0 Å². The summed E-state index contributed by atoms with van der Waals surface area (Å²) >= 11 is 0. The van der Waals surface area contributed by atoms with E-state index in [2.05, 4.69) is 15.0 Å². The van der Waals surface area contributed by atoms with Crippen LogP contribution in [0.4, 0.5) is 4.39 Å². The molecule has 0 saturated heterocycles.